The number of aliphatic carboxylic acids is 1. The van der Waals surface area contributed by atoms with Gasteiger partial charge in [0.05, 0.1) is 6.10 Å². The molecule has 1 fully saturated rings. The van der Waals surface area contributed by atoms with Crippen LogP contribution in [0.15, 0.2) is 24.3 Å². The first kappa shape index (κ1) is 18.7. The second-order valence-corrected chi connectivity index (χ2v) is 5.86. The third-order valence-corrected chi connectivity index (χ3v) is 3.94. The average molecular weight is 354 g/mol. The van der Waals surface area contributed by atoms with Crippen molar-refractivity contribution in [1.29, 1.82) is 0 Å². The zero-order valence-corrected chi connectivity index (χ0v) is 12.9. The van der Waals surface area contributed by atoms with Gasteiger partial charge < -0.3 is 35.4 Å². The molecule has 0 bridgehead atoms. The Kier molecular flexibility index (Phi) is 5.31. The van der Waals surface area contributed by atoms with E-state index in [0.717, 1.165) is 6.08 Å². The highest BCUT2D eigenvalue weighted by Gasteiger charge is 2.50. The third-order valence-electron chi connectivity index (χ3n) is 3.94. The van der Waals surface area contributed by atoms with Gasteiger partial charge in [-0.25, -0.2) is 9.59 Å². The van der Waals surface area contributed by atoms with Gasteiger partial charge in [-0.3, -0.25) is 0 Å². The lowest BCUT2D eigenvalue weighted by Crippen LogP contribution is -2.57. The van der Waals surface area contributed by atoms with Crippen LogP contribution in [0.1, 0.15) is 18.4 Å². The van der Waals surface area contributed by atoms with Crippen LogP contribution in [0.5, 0.6) is 11.5 Å². The van der Waals surface area contributed by atoms with Crippen LogP contribution in [-0.2, 0) is 14.3 Å². The molecule has 0 saturated heterocycles. The van der Waals surface area contributed by atoms with Gasteiger partial charge in [-0.05, 0) is 23.8 Å². The Hall–Kier alpha value is -2.62. The molecule has 9 heteroatoms. The maximum Gasteiger partial charge on any atom is 0.335 e. The minimum Gasteiger partial charge on any atom is -0.504 e. The number of ether oxygens (including phenoxy) is 1. The summed E-state index contributed by atoms with van der Waals surface area (Å²) in [5.74, 6) is -3.24. The lowest BCUT2D eigenvalue weighted by Gasteiger charge is -2.39. The molecular formula is C16H18O9. The summed E-state index contributed by atoms with van der Waals surface area (Å²) < 4.78 is 4.92. The molecule has 1 aromatic carbocycles. The molecule has 0 heterocycles. The predicted octanol–water partition coefficient (Wildman–Crippen LogP) is -0.646. The third kappa shape index (κ3) is 4.27. The number of rotatable bonds is 4. The number of aliphatic hydroxyl groups excluding tert-OH is 2. The monoisotopic (exact) mass is 354 g/mol. The Balaban J connectivity index is 2.06. The summed E-state index contributed by atoms with van der Waals surface area (Å²) in [4.78, 5) is 22.9. The minimum absolute atomic E-state index is 0.327. The van der Waals surface area contributed by atoms with Crippen LogP contribution in [0.3, 0.4) is 0 Å². The van der Waals surface area contributed by atoms with E-state index in [1.165, 1.54) is 24.3 Å². The van der Waals surface area contributed by atoms with E-state index in [4.69, 9.17) is 9.84 Å². The topological polar surface area (TPSA) is 165 Å². The zero-order valence-electron chi connectivity index (χ0n) is 12.9. The van der Waals surface area contributed by atoms with Crippen LogP contribution >= 0.6 is 0 Å². The van der Waals surface area contributed by atoms with Gasteiger partial charge in [0.25, 0.3) is 0 Å². The lowest BCUT2D eigenvalue weighted by molar-refractivity contribution is -0.196. The number of carboxylic acid groups (broad SMARTS) is 1. The number of aliphatic hydroxyl groups is 3. The van der Waals surface area contributed by atoms with Gasteiger partial charge in [-0.15, -0.1) is 0 Å². The lowest BCUT2D eigenvalue weighted by atomic mass is 9.79. The van der Waals surface area contributed by atoms with Crippen LogP contribution in [-0.4, -0.2) is 66.5 Å². The fraction of sp³-hybridized carbons (Fsp3) is 0.375. The molecule has 0 amide bonds. The van der Waals surface area contributed by atoms with E-state index in [1.807, 2.05) is 0 Å². The van der Waals surface area contributed by atoms with Gasteiger partial charge in [-0.2, -0.15) is 0 Å². The number of carbonyl (C=O) groups excluding carboxylic acids is 1. The molecule has 4 atom stereocenters. The first-order chi connectivity index (χ1) is 11.6. The number of esters is 1. The van der Waals surface area contributed by atoms with Gasteiger partial charge in [0.2, 0.25) is 0 Å². The molecule has 0 aliphatic heterocycles. The molecule has 6 N–H and O–H groups in total. The number of hydrogen-bond acceptors (Lipinski definition) is 8. The highest BCUT2D eigenvalue weighted by atomic mass is 16.6. The second kappa shape index (κ2) is 7.09. The molecule has 2 rings (SSSR count). The van der Waals surface area contributed by atoms with Gasteiger partial charge in [-0.1, -0.05) is 6.07 Å². The highest BCUT2D eigenvalue weighted by Crippen LogP contribution is 2.31. The van der Waals surface area contributed by atoms with Crippen molar-refractivity contribution in [3.05, 3.63) is 29.8 Å². The van der Waals surface area contributed by atoms with E-state index in [-0.39, 0.29) is 11.5 Å². The van der Waals surface area contributed by atoms with E-state index in [1.54, 1.807) is 0 Å². The number of phenolic OH excluding ortho intramolecular Hbond substituents is 2. The first-order valence-electron chi connectivity index (χ1n) is 7.35. The summed E-state index contributed by atoms with van der Waals surface area (Å²) >= 11 is 0. The molecule has 1 aromatic rings. The van der Waals surface area contributed by atoms with Gasteiger partial charge in [0.1, 0.15) is 12.2 Å². The Labute approximate surface area is 142 Å². The van der Waals surface area contributed by atoms with Gasteiger partial charge >= 0.3 is 11.9 Å². The summed E-state index contributed by atoms with van der Waals surface area (Å²) in [5.41, 5.74) is -1.94. The number of phenols is 2. The van der Waals surface area contributed by atoms with Crippen molar-refractivity contribution >= 4 is 18.0 Å². The van der Waals surface area contributed by atoms with Gasteiger partial charge in [0, 0.05) is 18.9 Å². The van der Waals surface area contributed by atoms with Gasteiger partial charge in [0.15, 0.2) is 17.1 Å². The smallest absolute Gasteiger partial charge is 0.335 e. The summed E-state index contributed by atoms with van der Waals surface area (Å²) in [7, 11) is 0. The maximum absolute atomic E-state index is 11.8. The van der Waals surface area contributed by atoms with E-state index in [0.29, 0.717) is 5.56 Å². The Morgan fingerprint density at radius 1 is 1.16 bits per heavy atom. The minimum atomic E-state index is -2.31. The molecule has 136 valence electrons. The van der Waals surface area contributed by atoms with Crippen molar-refractivity contribution in [2.24, 2.45) is 0 Å². The highest BCUT2D eigenvalue weighted by molar-refractivity contribution is 5.87. The van der Waals surface area contributed by atoms with E-state index >= 15 is 0 Å². The number of benzene rings is 1. The molecule has 1 aliphatic rings. The summed E-state index contributed by atoms with van der Waals surface area (Å²) in [6.45, 7) is 0. The number of carboxylic acids is 1. The molecule has 0 unspecified atom stereocenters. The summed E-state index contributed by atoms with van der Waals surface area (Å²) in [6.07, 6.45) is -3.44. The van der Waals surface area contributed by atoms with E-state index in [2.05, 4.69) is 0 Å². The van der Waals surface area contributed by atoms with Crippen molar-refractivity contribution in [3.63, 3.8) is 0 Å². The molecule has 0 aromatic heterocycles. The number of aromatic hydroxyl groups is 2. The van der Waals surface area contributed by atoms with Crippen molar-refractivity contribution in [3.8, 4) is 11.5 Å². The Bertz CT molecular complexity index is 699. The normalized spacial score (nSPS) is 29.5. The van der Waals surface area contributed by atoms with Crippen molar-refractivity contribution in [1.82, 2.24) is 0 Å². The standard InChI is InChI=1S/C16H18O9/c17-9-3-1-8(5-10(9)18)2-4-13(20)25-12-7-16(24,15(22)23)6-11(19)14(12)21/h1-5,11-12,14,17-19,21,24H,6-7H2,(H,22,23)/t11-,12-,14-,16-/m0/s1. The van der Waals surface area contributed by atoms with Crippen LogP contribution < -0.4 is 0 Å². The quantitative estimate of drug-likeness (QED) is 0.234. The van der Waals surface area contributed by atoms with Crippen molar-refractivity contribution in [2.45, 2.75) is 36.8 Å². The van der Waals surface area contributed by atoms with Crippen molar-refractivity contribution < 1.29 is 45.0 Å². The summed E-state index contributed by atoms with van der Waals surface area (Å²) in [5, 5.41) is 57.0. The molecule has 25 heavy (non-hydrogen) atoms. The first-order valence-corrected chi connectivity index (χ1v) is 7.35. The second-order valence-electron chi connectivity index (χ2n) is 5.86. The fourth-order valence-electron chi connectivity index (χ4n) is 2.53. The fourth-order valence-corrected chi connectivity index (χ4v) is 2.53. The van der Waals surface area contributed by atoms with Crippen molar-refractivity contribution in [2.75, 3.05) is 0 Å². The number of hydrogen-bond donors (Lipinski definition) is 6. The van der Waals surface area contributed by atoms with Crippen LogP contribution in [0, 0.1) is 0 Å². The largest absolute Gasteiger partial charge is 0.504 e. The summed E-state index contributed by atoms with van der Waals surface area (Å²) in [6, 6.07) is 3.83. The van der Waals surface area contributed by atoms with E-state index < -0.39 is 48.7 Å². The average Bonchev–Trinajstić information content (AvgIpc) is 2.53. The molecule has 1 saturated carbocycles. The molecule has 1 aliphatic carbocycles. The predicted molar refractivity (Wildman–Crippen MR) is 82.5 cm³/mol. The molecule has 9 nitrogen and oxygen atoms in total. The van der Waals surface area contributed by atoms with E-state index in [9.17, 15) is 35.1 Å². The maximum atomic E-state index is 11.8. The zero-order chi connectivity index (χ0) is 18.8. The molecular weight excluding hydrogens is 336 g/mol. The molecule has 0 spiro atoms. The number of carbonyl (C=O) groups is 2. The Morgan fingerprint density at radius 3 is 2.44 bits per heavy atom. The SMILES string of the molecule is O=C(C=Cc1ccc(O)c(O)c1)O[C@H]1C[C@](O)(C(=O)O)C[C@H](O)[C@@H]1O. The van der Waals surface area contributed by atoms with Crippen LogP contribution in [0.4, 0.5) is 0 Å². The Morgan fingerprint density at radius 2 is 1.84 bits per heavy atom. The molecule has 0 radical (unpaired) electrons. The van der Waals surface area contributed by atoms with Crippen LogP contribution in [0.25, 0.3) is 6.08 Å². The van der Waals surface area contributed by atoms with Crippen LogP contribution in [0.2, 0.25) is 0 Å².